The van der Waals surface area contributed by atoms with Crippen LogP contribution in [0.25, 0.3) is 0 Å². The molecule has 0 aliphatic heterocycles. The Morgan fingerprint density at radius 1 is 1.83 bits per heavy atom. The zero-order valence-electron chi connectivity index (χ0n) is 2.97. The van der Waals surface area contributed by atoms with Gasteiger partial charge in [-0.2, -0.15) is 15.4 Å². The topological polar surface area (TPSA) is 41.6 Å². The summed E-state index contributed by atoms with van der Waals surface area (Å²) in [4.78, 5) is 0. The van der Waals surface area contributed by atoms with E-state index in [2.05, 4.69) is 25.7 Å². The van der Waals surface area contributed by atoms with Crippen LogP contribution >= 0.6 is 0 Å². The maximum atomic E-state index is 3.59. The van der Waals surface area contributed by atoms with E-state index in [-0.39, 0.29) is 0 Å². The predicted octanol–water partition coefficient (Wildman–Crippen LogP) is -1.40. The molecule has 0 atom stereocenters. The van der Waals surface area contributed by atoms with Gasteiger partial charge >= 0.3 is 0 Å². The Labute approximate surface area is 38.2 Å². The highest BCUT2D eigenvalue weighted by Gasteiger charge is 1.76. The predicted molar refractivity (Wildman–Crippen MR) is 21.8 cm³/mol. The van der Waals surface area contributed by atoms with E-state index in [9.17, 15) is 0 Å². The number of nitrogens with one attached hydrogen (secondary N) is 1. The Balaban J connectivity index is 3.05. The van der Waals surface area contributed by atoms with E-state index in [0.29, 0.717) is 0 Å². The molecule has 0 saturated carbocycles. The van der Waals surface area contributed by atoms with Gasteiger partial charge in [0.25, 0.3) is 0 Å². The molecule has 4 heteroatoms. The van der Waals surface area contributed by atoms with Crippen LogP contribution < -0.4 is 5.32 Å². The van der Waals surface area contributed by atoms with Gasteiger partial charge in [-0.1, -0.05) is 0 Å². The minimum Gasteiger partial charge on any atom is -0.198 e. The summed E-state index contributed by atoms with van der Waals surface area (Å²) in [6.07, 6.45) is 1.58. The van der Waals surface area contributed by atoms with Crippen LogP contribution in [0.3, 0.4) is 0 Å². The van der Waals surface area contributed by atoms with Gasteiger partial charge in [0.1, 0.15) is 10.2 Å². The lowest BCUT2D eigenvalue weighted by Crippen LogP contribution is -2.00. The van der Waals surface area contributed by atoms with E-state index in [1.54, 1.807) is 6.20 Å². The van der Waals surface area contributed by atoms with Gasteiger partial charge in [0.2, 0.25) is 0 Å². The summed E-state index contributed by atoms with van der Waals surface area (Å²) in [6.45, 7) is 0. The Morgan fingerprint density at radius 3 is 2.83 bits per heavy atom. The van der Waals surface area contributed by atoms with Crippen LogP contribution in [0.2, 0.25) is 0 Å². The second-order valence-corrected chi connectivity index (χ2v) is 1.37. The fourth-order valence-corrected chi connectivity index (χ4v) is 0.316. The molecule has 1 aromatic heterocycles. The molecule has 0 aromatic carbocycles. The molecular formula is C2H2N3Si. The fraction of sp³-hybridized carbons (Fsp3) is 0. The molecule has 0 bridgehead atoms. The Bertz CT molecular complexity index is 112. The van der Waals surface area contributed by atoms with Crippen molar-refractivity contribution >= 4 is 15.6 Å². The number of aromatic nitrogens is 3. The van der Waals surface area contributed by atoms with E-state index >= 15 is 0 Å². The van der Waals surface area contributed by atoms with Gasteiger partial charge in [-0.15, -0.1) is 0 Å². The van der Waals surface area contributed by atoms with Crippen molar-refractivity contribution < 1.29 is 0 Å². The molecule has 29 valence electrons. The zero-order chi connectivity index (χ0) is 4.41. The van der Waals surface area contributed by atoms with Crippen LogP contribution in [0.5, 0.6) is 0 Å². The Kier molecular flexibility index (Phi) is 0.718. The summed E-state index contributed by atoms with van der Waals surface area (Å²) < 4.78 is 0. The molecule has 0 saturated heterocycles. The maximum Gasteiger partial charge on any atom is 0.104 e. The van der Waals surface area contributed by atoms with Crippen molar-refractivity contribution in [1.82, 2.24) is 15.4 Å². The van der Waals surface area contributed by atoms with Gasteiger partial charge in [-0.05, 0) is 0 Å². The number of H-pyrrole nitrogens is 1. The van der Waals surface area contributed by atoms with Gasteiger partial charge in [0.15, 0.2) is 0 Å². The second kappa shape index (κ2) is 1.21. The van der Waals surface area contributed by atoms with Crippen molar-refractivity contribution in [2.45, 2.75) is 0 Å². The van der Waals surface area contributed by atoms with Crippen LogP contribution in [-0.2, 0) is 0 Å². The van der Waals surface area contributed by atoms with Gasteiger partial charge in [-0.25, -0.2) is 0 Å². The smallest absolute Gasteiger partial charge is 0.104 e. The van der Waals surface area contributed by atoms with Crippen molar-refractivity contribution in [3.05, 3.63) is 6.20 Å². The molecule has 0 amide bonds. The highest BCUT2D eigenvalue weighted by molar-refractivity contribution is 6.30. The number of nitrogens with zero attached hydrogens (tertiary/aromatic N) is 2. The summed E-state index contributed by atoms with van der Waals surface area (Å²) in [5.41, 5.74) is 0. The molecule has 0 aliphatic rings. The van der Waals surface area contributed by atoms with Crippen LogP contribution in [-0.4, -0.2) is 25.7 Å². The maximum absolute atomic E-state index is 3.59. The molecule has 0 spiro atoms. The van der Waals surface area contributed by atoms with Crippen LogP contribution in [0.1, 0.15) is 0 Å². The summed E-state index contributed by atoms with van der Waals surface area (Å²) >= 11 is 0. The van der Waals surface area contributed by atoms with Crippen molar-refractivity contribution in [1.29, 1.82) is 0 Å². The second-order valence-electron chi connectivity index (χ2n) is 0.855. The van der Waals surface area contributed by atoms with Crippen LogP contribution in [0, 0.1) is 0 Å². The van der Waals surface area contributed by atoms with Crippen molar-refractivity contribution in [3.63, 3.8) is 0 Å². The van der Waals surface area contributed by atoms with Gasteiger partial charge in [-0.3, -0.25) is 0 Å². The van der Waals surface area contributed by atoms with Crippen molar-refractivity contribution in [2.75, 3.05) is 0 Å². The van der Waals surface area contributed by atoms with Gasteiger partial charge in [0.05, 0.1) is 11.5 Å². The molecule has 6 heavy (non-hydrogen) atoms. The van der Waals surface area contributed by atoms with Crippen molar-refractivity contribution in [2.24, 2.45) is 0 Å². The number of hydrogen-bond donors (Lipinski definition) is 1. The molecule has 0 aliphatic carbocycles. The molecule has 0 unspecified atom stereocenters. The zero-order valence-corrected chi connectivity index (χ0v) is 3.97. The molecular weight excluding hydrogens is 94.1 g/mol. The summed E-state index contributed by atoms with van der Waals surface area (Å²) in [6, 6.07) is 0. The quantitative estimate of drug-likeness (QED) is 0.403. The van der Waals surface area contributed by atoms with Crippen LogP contribution in [0.15, 0.2) is 6.20 Å². The summed E-state index contributed by atoms with van der Waals surface area (Å²) in [5.74, 6) is 0. The molecule has 3 radical (unpaired) electrons. The first-order chi connectivity index (χ1) is 2.89. The largest absolute Gasteiger partial charge is 0.198 e. The minimum absolute atomic E-state index is 0.731. The molecule has 1 heterocycles. The molecule has 1 rings (SSSR count). The highest BCUT2D eigenvalue weighted by atomic mass is 28.1. The Morgan fingerprint density at radius 2 is 2.67 bits per heavy atom. The summed E-state index contributed by atoms with van der Waals surface area (Å²) in [5, 5.41) is 10.2. The third-order valence-electron chi connectivity index (χ3n) is 0.415. The Hall–Kier alpha value is -0.643. The average Bonchev–Trinajstić information content (AvgIpc) is 1.86. The van der Waals surface area contributed by atoms with E-state index < -0.39 is 0 Å². The highest BCUT2D eigenvalue weighted by Crippen LogP contribution is 1.50. The number of rotatable bonds is 0. The molecule has 1 N–H and O–H groups in total. The van der Waals surface area contributed by atoms with E-state index in [1.807, 2.05) is 0 Å². The monoisotopic (exact) mass is 96.0 g/mol. The average molecular weight is 96.1 g/mol. The van der Waals surface area contributed by atoms with E-state index in [4.69, 9.17) is 0 Å². The third kappa shape index (κ3) is 0.461. The van der Waals surface area contributed by atoms with Gasteiger partial charge < -0.3 is 0 Å². The third-order valence-corrected chi connectivity index (χ3v) is 0.656. The number of hydrogen-bond acceptors (Lipinski definition) is 2. The van der Waals surface area contributed by atoms with Crippen molar-refractivity contribution in [3.8, 4) is 0 Å². The normalized spacial score (nSPS) is 8.83. The first kappa shape index (κ1) is 3.54. The van der Waals surface area contributed by atoms with E-state index in [0.717, 1.165) is 5.32 Å². The standard InChI is InChI=1S/C2H2N3Si/c6-2-1-3-5-4-2/h1H,(H,3,4,5). The van der Waals surface area contributed by atoms with Crippen LogP contribution in [0.4, 0.5) is 0 Å². The summed E-state index contributed by atoms with van der Waals surface area (Å²) in [7, 11) is 3.12. The number of aromatic amines is 1. The lowest BCUT2D eigenvalue weighted by Gasteiger charge is -1.61. The lowest BCUT2D eigenvalue weighted by atomic mass is 10.9. The SMILES string of the molecule is [Si]c1cn[nH]n1. The lowest BCUT2D eigenvalue weighted by molar-refractivity contribution is 0.946. The van der Waals surface area contributed by atoms with Gasteiger partial charge in [0, 0.05) is 0 Å². The first-order valence-electron chi connectivity index (χ1n) is 1.47. The minimum atomic E-state index is 0.731. The fourth-order valence-electron chi connectivity index (χ4n) is 0.202. The molecule has 1 aromatic rings. The van der Waals surface area contributed by atoms with E-state index in [1.165, 1.54) is 0 Å². The molecule has 0 fully saturated rings. The first-order valence-corrected chi connectivity index (χ1v) is 1.97. The molecule has 3 nitrogen and oxygen atoms in total.